The fraction of sp³-hybridized carbons (Fsp3) is 0.400. The van der Waals surface area contributed by atoms with Crippen molar-refractivity contribution in [2.24, 2.45) is 15.4 Å². The van der Waals surface area contributed by atoms with E-state index < -0.39 is 0 Å². The fourth-order valence-electron chi connectivity index (χ4n) is 2.68. The number of nitrogens with zero attached hydrogens (tertiary/aromatic N) is 2. The summed E-state index contributed by atoms with van der Waals surface area (Å²) in [5.74, 6) is 0.439. The Bertz CT molecular complexity index is 604. The summed E-state index contributed by atoms with van der Waals surface area (Å²) in [6.45, 7) is 3.96. The number of carbonyl (C=O) groups excluding carboxylic acids is 1. The van der Waals surface area contributed by atoms with E-state index in [-0.39, 0.29) is 23.0 Å². The molecule has 1 aliphatic heterocycles. The molecular formula is C15H16N2O2. The van der Waals surface area contributed by atoms with E-state index in [2.05, 4.69) is 9.98 Å². The molecule has 3 aliphatic rings. The minimum absolute atomic E-state index is 0.0662. The molecule has 1 N–H and O–H groups in total. The van der Waals surface area contributed by atoms with Crippen LogP contribution in [0.1, 0.15) is 26.7 Å². The van der Waals surface area contributed by atoms with Gasteiger partial charge in [-0.25, -0.2) is 4.99 Å². The molecule has 4 nitrogen and oxygen atoms in total. The molecule has 0 radical (unpaired) electrons. The standard InChI is InChI=1S/C15H16N2O2/c1-15(2)7-11(18)13(12(19)8-15)14-16-9-5-3-4-6-10(9)17-14/h3-6,9,18H,7-8H2,1-2H3. The van der Waals surface area contributed by atoms with Crippen molar-refractivity contribution in [3.63, 3.8) is 0 Å². The van der Waals surface area contributed by atoms with Gasteiger partial charge in [0, 0.05) is 12.8 Å². The molecule has 0 aromatic heterocycles. The Morgan fingerprint density at radius 3 is 2.79 bits per heavy atom. The second kappa shape index (κ2) is 4.02. The van der Waals surface area contributed by atoms with E-state index in [1.165, 1.54) is 0 Å². The maximum Gasteiger partial charge on any atom is 0.170 e. The molecule has 0 saturated heterocycles. The summed E-state index contributed by atoms with van der Waals surface area (Å²) >= 11 is 0. The van der Waals surface area contributed by atoms with Crippen molar-refractivity contribution in [2.75, 3.05) is 0 Å². The van der Waals surface area contributed by atoms with Gasteiger partial charge in [0.2, 0.25) is 0 Å². The molecule has 0 aromatic carbocycles. The normalized spacial score (nSPS) is 28.3. The van der Waals surface area contributed by atoms with Crippen molar-refractivity contribution in [2.45, 2.75) is 32.7 Å². The highest BCUT2D eigenvalue weighted by molar-refractivity contribution is 6.28. The molecule has 0 fully saturated rings. The van der Waals surface area contributed by atoms with E-state index in [4.69, 9.17) is 0 Å². The van der Waals surface area contributed by atoms with Gasteiger partial charge in [0.05, 0.1) is 11.3 Å². The second-order valence-corrected chi connectivity index (χ2v) is 5.94. The van der Waals surface area contributed by atoms with Gasteiger partial charge in [-0.05, 0) is 11.5 Å². The van der Waals surface area contributed by atoms with Gasteiger partial charge in [0.25, 0.3) is 0 Å². The third-order valence-electron chi connectivity index (χ3n) is 3.55. The van der Waals surface area contributed by atoms with Crippen LogP contribution in [0.5, 0.6) is 0 Å². The van der Waals surface area contributed by atoms with Gasteiger partial charge >= 0.3 is 0 Å². The van der Waals surface area contributed by atoms with E-state index in [0.717, 1.165) is 5.71 Å². The van der Waals surface area contributed by atoms with E-state index in [1.807, 2.05) is 38.2 Å². The lowest BCUT2D eigenvalue weighted by Crippen LogP contribution is -2.28. The third kappa shape index (κ3) is 2.07. The molecule has 0 saturated carbocycles. The number of allylic oxidation sites excluding steroid dienone is 3. The summed E-state index contributed by atoms with van der Waals surface area (Å²) in [5.41, 5.74) is 0.947. The lowest BCUT2D eigenvalue weighted by Gasteiger charge is -2.28. The minimum atomic E-state index is -0.191. The monoisotopic (exact) mass is 256 g/mol. The predicted octanol–water partition coefficient (Wildman–Crippen LogP) is 2.54. The van der Waals surface area contributed by atoms with Crippen LogP contribution in [-0.2, 0) is 4.79 Å². The molecule has 3 rings (SSSR count). The number of hydrogen-bond acceptors (Lipinski definition) is 4. The Balaban J connectivity index is 2.00. The lowest BCUT2D eigenvalue weighted by molar-refractivity contribution is -0.117. The largest absolute Gasteiger partial charge is 0.511 e. The number of aliphatic imine (C=N–C) groups is 2. The first-order valence-corrected chi connectivity index (χ1v) is 6.43. The zero-order chi connectivity index (χ0) is 13.6. The number of Topliss-reactive ketones (excluding diaryl/α,β-unsaturated/α-hetero) is 1. The minimum Gasteiger partial charge on any atom is -0.511 e. The number of fused-ring (bicyclic) bond motifs is 1. The first kappa shape index (κ1) is 12.1. The van der Waals surface area contributed by atoms with Crippen LogP contribution >= 0.6 is 0 Å². The topological polar surface area (TPSA) is 62.0 Å². The summed E-state index contributed by atoms with van der Waals surface area (Å²) in [6.07, 6.45) is 8.54. The summed E-state index contributed by atoms with van der Waals surface area (Å²) in [7, 11) is 0. The average Bonchev–Trinajstić information content (AvgIpc) is 2.68. The number of aliphatic hydroxyl groups excluding tert-OH is 1. The Morgan fingerprint density at radius 2 is 2.11 bits per heavy atom. The first-order valence-electron chi connectivity index (χ1n) is 6.43. The smallest absolute Gasteiger partial charge is 0.170 e. The van der Waals surface area contributed by atoms with E-state index >= 15 is 0 Å². The molecule has 1 atom stereocenters. The number of amidine groups is 1. The first-order chi connectivity index (χ1) is 8.96. The maximum absolute atomic E-state index is 12.2. The van der Waals surface area contributed by atoms with Crippen LogP contribution in [-0.4, -0.2) is 28.5 Å². The molecule has 2 aliphatic carbocycles. The Labute approximate surface area is 112 Å². The van der Waals surface area contributed by atoms with Crippen LogP contribution in [0.25, 0.3) is 0 Å². The summed E-state index contributed by atoms with van der Waals surface area (Å²) in [4.78, 5) is 21.0. The Kier molecular flexibility index (Phi) is 2.55. The molecule has 0 amide bonds. The van der Waals surface area contributed by atoms with Crippen LogP contribution in [0.2, 0.25) is 0 Å². The van der Waals surface area contributed by atoms with Crippen molar-refractivity contribution >= 4 is 17.3 Å². The molecule has 1 heterocycles. The number of carbonyl (C=O) groups is 1. The van der Waals surface area contributed by atoms with Gasteiger partial charge in [-0.15, -0.1) is 0 Å². The Morgan fingerprint density at radius 1 is 1.32 bits per heavy atom. The zero-order valence-electron chi connectivity index (χ0n) is 11.1. The highest BCUT2D eigenvalue weighted by Gasteiger charge is 2.36. The van der Waals surface area contributed by atoms with Gasteiger partial charge < -0.3 is 5.11 Å². The van der Waals surface area contributed by atoms with Crippen LogP contribution in [0, 0.1) is 5.41 Å². The van der Waals surface area contributed by atoms with Gasteiger partial charge in [0.1, 0.15) is 11.8 Å². The third-order valence-corrected chi connectivity index (χ3v) is 3.55. The number of rotatable bonds is 1. The predicted molar refractivity (Wildman–Crippen MR) is 74.6 cm³/mol. The SMILES string of the molecule is CC1(C)CC(=O)C(C2=NC3C=CC=CC3=N2)=C(O)C1. The molecule has 0 spiro atoms. The quantitative estimate of drug-likeness (QED) is 0.783. The second-order valence-electron chi connectivity index (χ2n) is 5.94. The zero-order valence-corrected chi connectivity index (χ0v) is 11.1. The Hall–Kier alpha value is -1.97. The van der Waals surface area contributed by atoms with Crippen LogP contribution in [0.3, 0.4) is 0 Å². The van der Waals surface area contributed by atoms with Crippen LogP contribution in [0.4, 0.5) is 0 Å². The highest BCUT2D eigenvalue weighted by Crippen LogP contribution is 2.37. The van der Waals surface area contributed by atoms with Gasteiger partial charge in [-0.3, -0.25) is 9.79 Å². The number of hydrogen-bond donors (Lipinski definition) is 1. The van der Waals surface area contributed by atoms with Crippen molar-refractivity contribution in [3.8, 4) is 0 Å². The van der Waals surface area contributed by atoms with Crippen molar-refractivity contribution < 1.29 is 9.90 Å². The van der Waals surface area contributed by atoms with E-state index in [9.17, 15) is 9.90 Å². The molecule has 1 unspecified atom stereocenters. The van der Waals surface area contributed by atoms with E-state index in [0.29, 0.717) is 24.3 Å². The van der Waals surface area contributed by atoms with Crippen LogP contribution in [0.15, 0.2) is 45.6 Å². The number of ketones is 1. The van der Waals surface area contributed by atoms with Crippen molar-refractivity contribution in [3.05, 3.63) is 35.6 Å². The highest BCUT2D eigenvalue weighted by atomic mass is 16.3. The maximum atomic E-state index is 12.2. The number of aliphatic hydroxyl groups is 1. The summed E-state index contributed by atoms with van der Waals surface area (Å²) in [5, 5.41) is 10.1. The van der Waals surface area contributed by atoms with Crippen LogP contribution < -0.4 is 0 Å². The molecule has 4 heteroatoms. The molecule has 98 valence electrons. The van der Waals surface area contributed by atoms with Crippen molar-refractivity contribution in [1.29, 1.82) is 0 Å². The van der Waals surface area contributed by atoms with Gasteiger partial charge in [-0.2, -0.15) is 0 Å². The molecular weight excluding hydrogens is 240 g/mol. The van der Waals surface area contributed by atoms with Crippen molar-refractivity contribution in [1.82, 2.24) is 0 Å². The van der Waals surface area contributed by atoms with Gasteiger partial charge in [0.15, 0.2) is 11.6 Å². The van der Waals surface area contributed by atoms with Gasteiger partial charge in [-0.1, -0.05) is 32.1 Å². The molecule has 0 aromatic rings. The lowest BCUT2D eigenvalue weighted by atomic mass is 9.76. The fourth-order valence-corrected chi connectivity index (χ4v) is 2.68. The van der Waals surface area contributed by atoms with E-state index in [1.54, 1.807) is 0 Å². The summed E-state index contributed by atoms with van der Waals surface area (Å²) in [6, 6.07) is -0.108. The molecule has 19 heavy (non-hydrogen) atoms. The average molecular weight is 256 g/mol. The summed E-state index contributed by atoms with van der Waals surface area (Å²) < 4.78 is 0. The molecule has 0 bridgehead atoms.